The number of rotatable bonds is 1. The number of benzene rings is 1. The fraction of sp³-hybridized carbons (Fsp3) is 0.571. The van der Waals surface area contributed by atoms with Crippen LogP contribution in [0.2, 0.25) is 0 Å². The van der Waals surface area contributed by atoms with E-state index in [9.17, 15) is 15.3 Å². The number of aromatic hydroxyl groups is 2. The minimum absolute atomic E-state index is 0.0283. The van der Waals surface area contributed by atoms with Crippen LogP contribution in [0.25, 0.3) is 0 Å². The van der Waals surface area contributed by atoms with Crippen LogP contribution in [0.1, 0.15) is 18.4 Å². The predicted molar refractivity (Wildman–Crippen MR) is 67.4 cm³/mol. The molecule has 19 heavy (non-hydrogen) atoms. The second-order valence-corrected chi connectivity index (χ2v) is 5.25. The van der Waals surface area contributed by atoms with E-state index in [0.29, 0.717) is 30.9 Å². The molecule has 1 saturated heterocycles. The molecule has 2 heterocycles. The monoisotopic (exact) mass is 266 g/mol. The summed E-state index contributed by atoms with van der Waals surface area (Å²) in [5, 5.41) is 29.5. The number of phenols is 2. The van der Waals surface area contributed by atoms with Crippen molar-refractivity contribution in [3.05, 3.63) is 17.7 Å². The second-order valence-electron chi connectivity index (χ2n) is 5.25. The van der Waals surface area contributed by atoms with Gasteiger partial charge < -0.3 is 24.8 Å². The normalized spacial score (nSPS) is 27.6. The summed E-state index contributed by atoms with van der Waals surface area (Å²) >= 11 is 0. The molecule has 3 rings (SSSR count). The van der Waals surface area contributed by atoms with Crippen molar-refractivity contribution in [2.75, 3.05) is 13.2 Å². The molecule has 0 spiro atoms. The van der Waals surface area contributed by atoms with Gasteiger partial charge in [0, 0.05) is 43.2 Å². The van der Waals surface area contributed by atoms with Crippen LogP contribution in [0.15, 0.2) is 12.1 Å². The minimum atomic E-state index is -0.633. The van der Waals surface area contributed by atoms with Crippen LogP contribution in [-0.2, 0) is 11.2 Å². The van der Waals surface area contributed by atoms with Gasteiger partial charge in [0.1, 0.15) is 23.4 Å². The van der Waals surface area contributed by atoms with Crippen LogP contribution in [-0.4, -0.2) is 40.7 Å². The Morgan fingerprint density at radius 1 is 1.11 bits per heavy atom. The highest BCUT2D eigenvalue weighted by Gasteiger charge is 2.36. The molecule has 2 aliphatic heterocycles. The van der Waals surface area contributed by atoms with Crippen molar-refractivity contribution in [3.8, 4) is 17.2 Å². The molecule has 5 nitrogen and oxygen atoms in total. The van der Waals surface area contributed by atoms with Crippen LogP contribution < -0.4 is 4.74 Å². The standard InChI is InChI=1S/C14H18O5/c15-9-5-11(16)10-7-12(17)14(19-13(10)6-9)8-1-3-18-4-2-8/h5-6,8,12,14-17H,1-4,7H2/t12-,14-/m0/s1. The van der Waals surface area contributed by atoms with Crippen LogP contribution in [0.5, 0.6) is 17.2 Å². The Morgan fingerprint density at radius 2 is 1.84 bits per heavy atom. The number of fused-ring (bicyclic) bond motifs is 1. The molecule has 3 N–H and O–H groups in total. The van der Waals surface area contributed by atoms with Gasteiger partial charge in [-0.25, -0.2) is 0 Å². The molecule has 1 fully saturated rings. The molecular weight excluding hydrogens is 248 g/mol. The third-order valence-corrected chi connectivity index (χ3v) is 3.96. The molecule has 5 heteroatoms. The summed E-state index contributed by atoms with van der Waals surface area (Å²) in [5.74, 6) is 0.665. The van der Waals surface area contributed by atoms with Gasteiger partial charge >= 0.3 is 0 Å². The van der Waals surface area contributed by atoms with Crippen molar-refractivity contribution in [2.24, 2.45) is 5.92 Å². The smallest absolute Gasteiger partial charge is 0.130 e. The highest BCUT2D eigenvalue weighted by Crippen LogP contribution is 2.40. The third-order valence-electron chi connectivity index (χ3n) is 3.96. The van der Waals surface area contributed by atoms with Gasteiger partial charge in [0.15, 0.2) is 0 Å². The number of aliphatic hydroxyl groups is 1. The Morgan fingerprint density at radius 3 is 2.58 bits per heavy atom. The summed E-state index contributed by atoms with van der Waals surface area (Å²) in [5.41, 5.74) is 0.564. The van der Waals surface area contributed by atoms with E-state index in [1.807, 2.05) is 0 Å². The van der Waals surface area contributed by atoms with Gasteiger partial charge in [-0.2, -0.15) is 0 Å². The Kier molecular flexibility index (Phi) is 3.24. The Labute approximate surface area is 111 Å². The zero-order chi connectivity index (χ0) is 13.4. The van der Waals surface area contributed by atoms with Crippen LogP contribution >= 0.6 is 0 Å². The molecule has 0 amide bonds. The molecule has 1 aromatic rings. The van der Waals surface area contributed by atoms with Crippen molar-refractivity contribution < 1.29 is 24.8 Å². The first kappa shape index (κ1) is 12.6. The lowest BCUT2D eigenvalue weighted by Gasteiger charge is -2.37. The maximum Gasteiger partial charge on any atom is 0.130 e. The fourth-order valence-corrected chi connectivity index (χ4v) is 2.93. The molecule has 1 aromatic carbocycles. The largest absolute Gasteiger partial charge is 0.508 e. The molecular formula is C14H18O5. The predicted octanol–water partition coefficient (Wildman–Crippen LogP) is 1.19. The quantitative estimate of drug-likeness (QED) is 0.711. The van der Waals surface area contributed by atoms with E-state index in [4.69, 9.17) is 9.47 Å². The molecule has 0 radical (unpaired) electrons. The molecule has 0 saturated carbocycles. The molecule has 2 atom stereocenters. The number of phenolic OH excluding ortho intramolecular Hbond substituents is 2. The van der Waals surface area contributed by atoms with Gasteiger partial charge in [0.05, 0.1) is 6.10 Å². The molecule has 0 bridgehead atoms. The summed E-state index contributed by atoms with van der Waals surface area (Å²) in [4.78, 5) is 0. The van der Waals surface area contributed by atoms with Crippen molar-refractivity contribution in [2.45, 2.75) is 31.5 Å². The zero-order valence-corrected chi connectivity index (χ0v) is 10.6. The Bertz CT molecular complexity index is 467. The van der Waals surface area contributed by atoms with Crippen molar-refractivity contribution >= 4 is 0 Å². The maximum absolute atomic E-state index is 10.2. The lowest BCUT2D eigenvalue weighted by molar-refractivity contribution is -0.0486. The van der Waals surface area contributed by atoms with Gasteiger partial charge in [0.2, 0.25) is 0 Å². The Hall–Kier alpha value is -1.46. The average molecular weight is 266 g/mol. The number of hydrogen-bond donors (Lipinski definition) is 3. The summed E-state index contributed by atoms with van der Waals surface area (Å²) in [7, 11) is 0. The van der Waals surface area contributed by atoms with Crippen molar-refractivity contribution in [3.63, 3.8) is 0 Å². The topological polar surface area (TPSA) is 79.2 Å². The highest BCUT2D eigenvalue weighted by atomic mass is 16.5. The molecule has 0 unspecified atom stereocenters. The summed E-state index contributed by atoms with van der Waals surface area (Å²) < 4.78 is 11.1. The van der Waals surface area contributed by atoms with Gasteiger partial charge in [-0.05, 0) is 12.8 Å². The van der Waals surface area contributed by atoms with Crippen molar-refractivity contribution in [1.29, 1.82) is 0 Å². The van der Waals surface area contributed by atoms with E-state index in [1.165, 1.54) is 12.1 Å². The average Bonchev–Trinajstić information content (AvgIpc) is 2.40. The van der Waals surface area contributed by atoms with Gasteiger partial charge in [-0.1, -0.05) is 0 Å². The summed E-state index contributed by atoms with van der Waals surface area (Å²) in [6.07, 6.45) is 1.15. The number of aliphatic hydroxyl groups excluding tert-OH is 1. The molecule has 2 aliphatic rings. The fourth-order valence-electron chi connectivity index (χ4n) is 2.93. The SMILES string of the molecule is Oc1cc(O)c2c(c1)O[C@@H](C1CCOCC1)[C@@H](O)C2. The highest BCUT2D eigenvalue weighted by molar-refractivity contribution is 5.51. The zero-order valence-electron chi connectivity index (χ0n) is 10.6. The molecule has 0 aromatic heterocycles. The van der Waals surface area contributed by atoms with E-state index in [1.54, 1.807) is 0 Å². The molecule has 0 aliphatic carbocycles. The molecule has 104 valence electrons. The van der Waals surface area contributed by atoms with E-state index in [0.717, 1.165) is 12.8 Å². The van der Waals surface area contributed by atoms with E-state index < -0.39 is 6.10 Å². The summed E-state index contributed by atoms with van der Waals surface area (Å²) in [6.45, 7) is 1.38. The maximum atomic E-state index is 10.2. The van der Waals surface area contributed by atoms with Gasteiger partial charge in [-0.3, -0.25) is 0 Å². The van der Waals surface area contributed by atoms with E-state index in [-0.39, 0.29) is 23.5 Å². The lowest BCUT2D eigenvalue weighted by Crippen LogP contribution is -2.44. The van der Waals surface area contributed by atoms with Gasteiger partial charge in [-0.15, -0.1) is 0 Å². The van der Waals surface area contributed by atoms with Crippen LogP contribution in [0.3, 0.4) is 0 Å². The Balaban J connectivity index is 1.86. The first-order valence-electron chi connectivity index (χ1n) is 6.62. The number of hydrogen-bond acceptors (Lipinski definition) is 5. The minimum Gasteiger partial charge on any atom is -0.508 e. The first-order chi connectivity index (χ1) is 9.15. The van der Waals surface area contributed by atoms with Crippen molar-refractivity contribution in [1.82, 2.24) is 0 Å². The lowest BCUT2D eigenvalue weighted by atomic mass is 9.86. The van der Waals surface area contributed by atoms with Crippen LogP contribution in [0, 0.1) is 5.92 Å². The summed E-state index contributed by atoms with van der Waals surface area (Å²) in [6, 6.07) is 2.76. The van der Waals surface area contributed by atoms with Gasteiger partial charge in [0.25, 0.3) is 0 Å². The third kappa shape index (κ3) is 2.35. The second kappa shape index (κ2) is 4.90. The number of ether oxygens (including phenoxy) is 2. The first-order valence-corrected chi connectivity index (χ1v) is 6.62. The van der Waals surface area contributed by atoms with E-state index in [2.05, 4.69) is 0 Å². The van der Waals surface area contributed by atoms with Crippen LogP contribution in [0.4, 0.5) is 0 Å². The van der Waals surface area contributed by atoms with E-state index >= 15 is 0 Å².